The van der Waals surface area contributed by atoms with Crippen LogP contribution in [0.1, 0.15) is 17.5 Å². The SMILES string of the molecule is C=CC[C@@H](C=O)[C@H](C(C(=O)OCc1ccccc1)C(=O)OCc1ccccc1)C(F)(F)F. The lowest BCUT2D eigenvalue weighted by Gasteiger charge is -2.29. The van der Waals surface area contributed by atoms with Crippen LogP contribution in [-0.2, 0) is 37.1 Å². The fraction of sp³-hybridized carbons (Fsp3) is 0.292. The molecule has 2 aromatic rings. The Morgan fingerprint density at radius 1 is 0.875 bits per heavy atom. The van der Waals surface area contributed by atoms with Crippen molar-refractivity contribution in [3.05, 3.63) is 84.4 Å². The number of carbonyl (C=O) groups excluding carboxylic acids is 3. The van der Waals surface area contributed by atoms with Crippen LogP contribution >= 0.6 is 0 Å². The number of rotatable bonds is 11. The van der Waals surface area contributed by atoms with Gasteiger partial charge in [-0.2, -0.15) is 13.2 Å². The van der Waals surface area contributed by atoms with Gasteiger partial charge in [0.15, 0.2) is 5.92 Å². The van der Waals surface area contributed by atoms with Crippen LogP contribution in [0.3, 0.4) is 0 Å². The molecule has 0 bridgehead atoms. The molecule has 0 aliphatic heterocycles. The van der Waals surface area contributed by atoms with E-state index in [1.807, 2.05) is 0 Å². The van der Waals surface area contributed by atoms with Crippen molar-refractivity contribution in [2.24, 2.45) is 17.8 Å². The first-order valence-electron chi connectivity index (χ1n) is 9.82. The lowest BCUT2D eigenvalue weighted by atomic mass is 9.79. The predicted molar refractivity (Wildman–Crippen MR) is 110 cm³/mol. The fourth-order valence-corrected chi connectivity index (χ4v) is 3.18. The Kier molecular flexibility index (Phi) is 9.19. The number of halogens is 3. The average Bonchev–Trinajstić information content (AvgIpc) is 2.78. The third-order valence-corrected chi connectivity index (χ3v) is 4.77. The van der Waals surface area contributed by atoms with Crippen LogP contribution in [0.2, 0.25) is 0 Å². The summed E-state index contributed by atoms with van der Waals surface area (Å²) in [6.45, 7) is 2.69. The number of aldehydes is 1. The normalized spacial score (nSPS) is 13.1. The molecule has 0 spiro atoms. The third-order valence-electron chi connectivity index (χ3n) is 4.77. The summed E-state index contributed by atoms with van der Waals surface area (Å²) in [7, 11) is 0. The van der Waals surface area contributed by atoms with Crippen molar-refractivity contribution < 1.29 is 37.0 Å². The van der Waals surface area contributed by atoms with Gasteiger partial charge in [-0.05, 0) is 17.5 Å². The molecule has 0 N–H and O–H groups in total. The van der Waals surface area contributed by atoms with Gasteiger partial charge in [0.1, 0.15) is 19.5 Å². The highest BCUT2D eigenvalue weighted by Gasteiger charge is 2.55. The first-order chi connectivity index (χ1) is 15.3. The van der Waals surface area contributed by atoms with E-state index in [-0.39, 0.29) is 25.9 Å². The van der Waals surface area contributed by atoms with Gasteiger partial charge in [0.2, 0.25) is 0 Å². The molecule has 2 atom stereocenters. The number of hydrogen-bond acceptors (Lipinski definition) is 5. The molecule has 0 amide bonds. The Bertz CT molecular complexity index is 841. The van der Waals surface area contributed by atoms with Crippen molar-refractivity contribution in [1.82, 2.24) is 0 Å². The Morgan fingerprint density at radius 2 is 1.31 bits per heavy atom. The van der Waals surface area contributed by atoms with E-state index in [1.54, 1.807) is 60.7 Å². The Labute approximate surface area is 183 Å². The summed E-state index contributed by atoms with van der Waals surface area (Å²) in [6, 6.07) is 16.6. The van der Waals surface area contributed by atoms with Crippen LogP contribution in [0.15, 0.2) is 73.3 Å². The molecular weight excluding hydrogens is 425 g/mol. The maximum absolute atomic E-state index is 14.0. The zero-order valence-electron chi connectivity index (χ0n) is 17.2. The largest absolute Gasteiger partial charge is 0.460 e. The number of allylic oxidation sites excluding steroid dienone is 1. The van der Waals surface area contributed by atoms with Crippen molar-refractivity contribution in [3.63, 3.8) is 0 Å². The smallest absolute Gasteiger partial charge is 0.393 e. The van der Waals surface area contributed by atoms with E-state index in [1.165, 1.54) is 0 Å². The number of benzene rings is 2. The number of ether oxygens (including phenoxy) is 2. The van der Waals surface area contributed by atoms with Gasteiger partial charge < -0.3 is 14.3 Å². The molecule has 5 nitrogen and oxygen atoms in total. The minimum atomic E-state index is -5.04. The van der Waals surface area contributed by atoms with E-state index in [9.17, 15) is 27.6 Å². The second kappa shape index (κ2) is 11.8. The molecule has 0 fully saturated rings. The number of hydrogen-bond donors (Lipinski definition) is 0. The van der Waals surface area contributed by atoms with E-state index in [0.717, 1.165) is 6.08 Å². The predicted octanol–water partition coefficient (Wildman–Crippen LogP) is 4.66. The summed E-state index contributed by atoms with van der Waals surface area (Å²) in [6.07, 6.45) is -4.22. The minimum Gasteiger partial charge on any atom is -0.460 e. The molecule has 2 rings (SSSR count). The van der Waals surface area contributed by atoms with Gasteiger partial charge in [0, 0.05) is 5.92 Å². The molecule has 0 saturated carbocycles. The van der Waals surface area contributed by atoms with Gasteiger partial charge in [0.25, 0.3) is 0 Å². The van der Waals surface area contributed by atoms with Crippen molar-refractivity contribution in [2.75, 3.05) is 0 Å². The van der Waals surface area contributed by atoms with Gasteiger partial charge in [0.05, 0.1) is 5.92 Å². The topological polar surface area (TPSA) is 69.7 Å². The lowest BCUT2D eigenvalue weighted by Crippen LogP contribution is -2.45. The molecule has 32 heavy (non-hydrogen) atoms. The maximum Gasteiger partial charge on any atom is 0.393 e. The third kappa shape index (κ3) is 7.08. The second-order valence-corrected chi connectivity index (χ2v) is 7.06. The lowest BCUT2D eigenvalue weighted by molar-refractivity contribution is -0.216. The van der Waals surface area contributed by atoms with Gasteiger partial charge in [-0.15, -0.1) is 6.58 Å². The highest BCUT2D eigenvalue weighted by atomic mass is 19.4. The van der Waals surface area contributed by atoms with E-state index in [2.05, 4.69) is 6.58 Å². The zero-order valence-corrected chi connectivity index (χ0v) is 17.2. The number of esters is 2. The number of carbonyl (C=O) groups is 3. The molecule has 0 aliphatic carbocycles. The van der Waals surface area contributed by atoms with Gasteiger partial charge in [-0.1, -0.05) is 66.7 Å². The van der Waals surface area contributed by atoms with E-state index < -0.39 is 35.9 Å². The average molecular weight is 448 g/mol. The highest BCUT2D eigenvalue weighted by Crippen LogP contribution is 2.40. The molecule has 0 saturated heterocycles. The van der Waals surface area contributed by atoms with Crippen LogP contribution in [0, 0.1) is 17.8 Å². The maximum atomic E-state index is 14.0. The standard InChI is InChI=1S/C24H23F3O5/c1-2-9-19(14-28)21(24(25,26)27)20(22(29)31-15-17-10-5-3-6-11-17)23(30)32-16-18-12-7-4-8-13-18/h2-8,10-14,19-21H,1,9,15-16H2/t19-,21+/m0/s1. The summed E-state index contributed by atoms with van der Waals surface area (Å²) in [5.74, 6) is -9.51. The van der Waals surface area contributed by atoms with Crippen molar-refractivity contribution in [3.8, 4) is 0 Å². The van der Waals surface area contributed by atoms with Crippen LogP contribution in [0.25, 0.3) is 0 Å². The summed E-state index contributed by atoms with van der Waals surface area (Å²) >= 11 is 0. The van der Waals surface area contributed by atoms with Crippen LogP contribution in [0.5, 0.6) is 0 Å². The summed E-state index contributed by atoms with van der Waals surface area (Å²) in [5, 5.41) is 0. The molecular formula is C24H23F3O5. The first-order valence-corrected chi connectivity index (χ1v) is 9.82. The monoisotopic (exact) mass is 448 g/mol. The van der Waals surface area contributed by atoms with Crippen molar-refractivity contribution in [1.29, 1.82) is 0 Å². The molecule has 0 heterocycles. The Balaban J connectivity index is 2.31. The highest BCUT2D eigenvalue weighted by molar-refractivity contribution is 5.95. The molecule has 8 heteroatoms. The second-order valence-electron chi connectivity index (χ2n) is 7.06. The number of alkyl halides is 3. The Hall–Kier alpha value is -3.42. The molecule has 0 unspecified atom stereocenters. The van der Waals surface area contributed by atoms with Crippen LogP contribution < -0.4 is 0 Å². The van der Waals surface area contributed by atoms with E-state index >= 15 is 0 Å². The molecule has 0 aromatic heterocycles. The fourth-order valence-electron chi connectivity index (χ4n) is 3.18. The summed E-state index contributed by atoms with van der Waals surface area (Å²) < 4.78 is 52.0. The minimum absolute atomic E-state index is 0.0712. The summed E-state index contributed by atoms with van der Waals surface area (Å²) in [4.78, 5) is 36.9. The van der Waals surface area contributed by atoms with Crippen LogP contribution in [0.4, 0.5) is 13.2 Å². The van der Waals surface area contributed by atoms with E-state index in [0.29, 0.717) is 11.1 Å². The zero-order chi connectivity index (χ0) is 23.6. The van der Waals surface area contributed by atoms with Gasteiger partial charge in [-0.3, -0.25) is 9.59 Å². The summed E-state index contributed by atoms with van der Waals surface area (Å²) in [5.41, 5.74) is 1.05. The molecule has 2 aromatic carbocycles. The molecule has 0 aliphatic rings. The van der Waals surface area contributed by atoms with Crippen molar-refractivity contribution >= 4 is 18.2 Å². The molecule has 170 valence electrons. The molecule has 0 radical (unpaired) electrons. The Morgan fingerprint density at radius 3 is 1.66 bits per heavy atom. The van der Waals surface area contributed by atoms with E-state index in [4.69, 9.17) is 9.47 Å². The van der Waals surface area contributed by atoms with Gasteiger partial charge >= 0.3 is 18.1 Å². The van der Waals surface area contributed by atoms with Crippen LogP contribution in [-0.4, -0.2) is 24.4 Å². The van der Waals surface area contributed by atoms with Gasteiger partial charge in [-0.25, -0.2) is 0 Å². The quantitative estimate of drug-likeness (QED) is 0.216. The van der Waals surface area contributed by atoms with Crippen molar-refractivity contribution in [2.45, 2.75) is 25.8 Å². The first kappa shape index (κ1) is 24.8.